The quantitative estimate of drug-likeness (QED) is 0.872. The maximum atomic E-state index is 5.60. The highest BCUT2D eigenvalue weighted by atomic mass is 16.4. The fourth-order valence-corrected chi connectivity index (χ4v) is 2.71. The van der Waals surface area contributed by atoms with Gasteiger partial charge in [0.1, 0.15) is 5.76 Å². The SMILES string of the molecule is CCCC1CN(Cc2ncc(C)o2)C(CC)CN1. The van der Waals surface area contributed by atoms with Gasteiger partial charge in [-0.3, -0.25) is 4.90 Å². The molecule has 0 bridgehead atoms. The first-order valence-corrected chi connectivity index (χ1v) is 7.11. The van der Waals surface area contributed by atoms with Crippen LogP contribution in [0, 0.1) is 6.92 Å². The van der Waals surface area contributed by atoms with Crippen molar-refractivity contribution in [3.63, 3.8) is 0 Å². The normalized spacial score (nSPS) is 25.5. The third kappa shape index (κ3) is 3.33. The second-order valence-corrected chi connectivity index (χ2v) is 5.25. The zero-order valence-corrected chi connectivity index (χ0v) is 11.8. The lowest BCUT2D eigenvalue weighted by molar-refractivity contribution is 0.105. The summed E-state index contributed by atoms with van der Waals surface area (Å²) in [4.78, 5) is 6.84. The molecule has 1 fully saturated rings. The smallest absolute Gasteiger partial charge is 0.208 e. The van der Waals surface area contributed by atoms with Gasteiger partial charge in [0.2, 0.25) is 5.89 Å². The van der Waals surface area contributed by atoms with Crippen LogP contribution in [0.2, 0.25) is 0 Å². The summed E-state index contributed by atoms with van der Waals surface area (Å²) in [7, 11) is 0. The molecule has 1 aliphatic heterocycles. The number of oxazole rings is 1. The van der Waals surface area contributed by atoms with Gasteiger partial charge in [-0.15, -0.1) is 0 Å². The maximum Gasteiger partial charge on any atom is 0.208 e. The molecule has 1 aliphatic rings. The van der Waals surface area contributed by atoms with Gasteiger partial charge in [0, 0.05) is 25.2 Å². The van der Waals surface area contributed by atoms with Crippen LogP contribution in [-0.2, 0) is 6.54 Å². The van der Waals surface area contributed by atoms with E-state index in [1.807, 2.05) is 13.1 Å². The first kappa shape index (κ1) is 13.6. The Labute approximate surface area is 110 Å². The average Bonchev–Trinajstić information content (AvgIpc) is 2.76. The van der Waals surface area contributed by atoms with Crippen molar-refractivity contribution in [2.75, 3.05) is 13.1 Å². The van der Waals surface area contributed by atoms with Crippen molar-refractivity contribution in [1.82, 2.24) is 15.2 Å². The number of nitrogens with one attached hydrogen (secondary N) is 1. The minimum absolute atomic E-state index is 0.602. The predicted octanol–water partition coefficient (Wildman–Crippen LogP) is 2.34. The molecule has 0 spiro atoms. The molecule has 4 nitrogen and oxygen atoms in total. The molecule has 4 heteroatoms. The van der Waals surface area contributed by atoms with Crippen molar-refractivity contribution in [2.24, 2.45) is 0 Å². The lowest BCUT2D eigenvalue weighted by Crippen LogP contribution is -2.55. The Kier molecular flexibility index (Phi) is 4.78. The lowest BCUT2D eigenvalue weighted by atomic mass is 10.0. The summed E-state index contributed by atoms with van der Waals surface area (Å²) in [6.07, 6.45) is 5.46. The molecule has 2 unspecified atom stereocenters. The Balaban J connectivity index is 1.97. The van der Waals surface area contributed by atoms with Crippen molar-refractivity contribution in [2.45, 2.75) is 58.7 Å². The molecule has 2 heterocycles. The lowest BCUT2D eigenvalue weighted by Gasteiger charge is -2.39. The fraction of sp³-hybridized carbons (Fsp3) is 0.786. The summed E-state index contributed by atoms with van der Waals surface area (Å²) >= 11 is 0. The number of aryl methyl sites for hydroxylation is 1. The third-order valence-corrected chi connectivity index (χ3v) is 3.73. The van der Waals surface area contributed by atoms with Crippen molar-refractivity contribution in [1.29, 1.82) is 0 Å². The minimum Gasteiger partial charge on any atom is -0.445 e. The van der Waals surface area contributed by atoms with E-state index in [1.165, 1.54) is 19.3 Å². The second-order valence-electron chi connectivity index (χ2n) is 5.25. The Hall–Kier alpha value is -0.870. The molecule has 1 saturated heterocycles. The number of hydrogen-bond acceptors (Lipinski definition) is 4. The summed E-state index contributed by atoms with van der Waals surface area (Å²) in [5.41, 5.74) is 0. The monoisotopic (exact) mass is 251 g/mol. The molecule has 0 amide bonds. The fourth-order valence-electron chi connectivity index (χ4n) is 2.71. The molecule has 0 saturated carbocycles. The van der Waals surface area contributed by atoms with Crippen LogP contribution in [0.5, 0.6) is 0 Å². The largest absolute Gasteiger partial charge is 0.445 e. The molecule has 1 aromatic rings. The van der Waals surface area contributed by atoms with Gasteiger partial charge in [-0.05, 0) is 19.8 Å². The summed E-state index contributed by atoms with van der Waals surface area (Å²) in [6.45, 7) is 9.48. The van der Waals surface area contributed by atoms with Gasteiger partial charge in [-0.25, -0.2) is 4.98 Å². The zero-order valence-electron chi connectivity index (χ0n) is 11.8. The van der Waals surface area contributed by atoms with E-state index in [0.717, 1.165) is 31.3 Å². The molecule has 2 atom stereocenters. The van der Waals surface area contributed by atoms with Crippen molar-refractivity contribution < 1.29 is 4.42 Å². The summed E-state index contributed by atoms with van der Waals surface area (Å²) < 4.78 is 5.60. The summed E-state index contributed by atoms with van der Waals surface area (Å²) in [5, 5.41) is 3.65. The van der Waals surface area contributed by atoms with Crippen LogP contribution in [0.3, 0.4) is 0 Å². The Morgan fingerprint density at radius 1 is 1.50 bits per heavy atom. The maximum absolute atomic E-state index is 5.60. The van der Waals surface area contributed by atoms with Gasteiger partial charge >= 0.3 is 0 Å². The van der Waals surface area contributed by atoms with Crippen molar-refractivity contribution in [3.8, 4) is 0 Å². The standard InChI is InChI=1S/C14H25N3O/c1-4-6-12-9-17(13(5-2)8-15-12)10-14-16-7-11(3)18-14/h7,12-13,15H,4-6,8-10H2,1-3H3. The first-order valence-electron chi connectivity index (χ1n) is 7.11. The van der Waals surface area contributed by atoms with Crippen LogP contribution in [0.1, 0.15) is 44.8 Å². The Morgan fingerprint density at radius 2 is 2.33 bits per heavy atom. The van der Waals surface area contributed by atoms with Crippen molar-refractivity contribution in [3.05, 3.63) is 17.8 Å². The van der Waals surface area contributed by atoms with Crippen LogP contribution in [-0.4, -0.2) is 35.1 Å². The van der Waals surface area contributed by atoms with Crippen molar-refractivity contribution >= 4 is 0 Å². The molecule has 102 valence electrons. The summed E-state index contributed by atoms with van der Waals surface area (Å²) in [6, 6.07) is 1.22. The zero-order chi connectivity index (χ0) is 13.0. The number of hydrogen-bond donors (Lipinski definition) is 1. The number of nitrogens with zero attached hydrogens (tertiary/aromatic N) is 2. The Morgan fingerprint density at radius 3 is 2.94 bits per heavy atom. The van der Waals surface area contributed by atoms with Crippen LogP contribution in [0.25, 0.3) is 0 Å². The van der Waals surface area contributed by atoms with E-state index >= 15 is 0 Å². The van der Waals surface area contributed by atoms with Gasteiger partial charge < -0.3 is 9.73 Å². The summed E-state index contributed by atoms with van der Waals surface area (Å²) in [5.74, 6) is 1.75. The highest BCUT2D eigenvalue weighted by molar-refractivity contribution is 4.93. The first-order chi connectivity index (χ1) is 8.72. The predicted molar refractivity (Wildman–Crippen MR) is 72.4 cm³/mol. The van der Waals surface area contributed by atoms with E-state index in [4.69, 9.17) is 4.42 Å². The number of piperazine rings is 1. The molecule has 2 rings (SSSR count). The average molecular weight is 251 g/mol. The van der Waals surface area contributed by atoms with Crippen LogP contribution in [0.4, 0.5) is 0 Å². The van der Waals surface area contributed by atoms with Crippen LogP contribution >= 0.6 is 0 Å². The molecule has 1 aromatic heterocycles. The van der Waals surface area contributed by atoms with E-state index in [0.29, 0.717) is 12.1 Å². The molecular formula is C14H25N3O. The van der Waals surface area contributed by atoms with E-state index in [9.17, 15) is 0 Å². The highest BCUT2D eigenvalue weighted by Crippen LogP contribution is 2.16. The number of aromatic nitrogens is 1. The van der Waals surface area contributed by atoms with Gasteiger partial charge in [0.15, 0.2) is 0 Å². The second kappa shape index (κ2) is 6.34. The van der Waals surface area contributed by atoms with E-state index in [1.54, 1.807) is 0 Å². The molecule has 18 heavy (non-hydrogen) atoms. The third-order valence-electron chi connectivity index (χ3n) is 3.73. The molecule has 1 N–H and O–H groups in total. The van der Waals surface area contributed by atoms with E-state index in [2.05, 4.69) is 29.0 Å². The van der Waals surface area contributed by atoms with E-state index < -0.39 is 0 Å². The number of rotatable bonds is 5. The van der Waals surface area contributed by atoms with Gasteiger partial charge in [0.25, 0.3) is 0 Å². The van der Waals surface area contributed by atoms with E-state index in [-0.39, 0.29) is 0 Å². The minimum atomic E-state index is 0.602. The molecule has 0 aromatic carbocycles. The molecule has 0 radical (unpaired) electrons. The molecular weight excluding hydrogens is 226 g/mol. The van der Waals surface area contributed by atoms with Gasteiger partial charge in [-0.2, -0.15) is 0 Å². The highest BCUT2D eigenvalue weighted by Gasteiger charge is 2.27. The topological polar surface area (TPSA) is 41.3 Å². The Bertz CT molecular complexity index is 364. The van der Waals surface area contributed by atoms with Gasteiger partial charge in [-0.1, -0.05) is 20.3 Å². The van der Waals surface area contributed by atoms with Gasteiger partial charge in [0.05, 0.1) is 12.7 Å². The molecule has 0 aliphatic carbocycles. The van der Waals surface area contributed by atoms with Crippen LogP contribution in [0.15, 0.2) is 10.6 Å². The van der Waals surface area contributed by atoms with Crippen LogP contribution < -0.4 is 5.32 Å².